The Balaban J connectivity index is 3.17. The standard InChI is InChI=1S/C9H12F3N3/c10-9(11,12)6-1-5(8(15)4-13)2-7(14)3-6/h1-3,8H,4,13-15H2/t8-/m1/s1. The first-order valence-electron chi connectivity index (χ1n) is 4.28. The van der Waals surface area contributed by atoms with Crippen LogP contribution in [-0.2, 0) is 6.18 Å². The van der Waals surface area contributed by atoms with Crippen molar-refractivity contribution in [2.24, 2.45) is 11.5 Å². The predicted octanol–water partition coefficient (Wildman–Crippen LogP) is 1.25. The first-order valence-corrected chi connectivity index (χ1v) is 4.28. The molecule has 1 rings (SSSR count). The maximum atomic E-state index is 12.4. The molecule has 0 bridgehead atoms. The summed E-state index contributed by atoms with van der Waals surface area (Å²) in [5.74, 6) is 0. The van der Waals surface area contributed by atoms with Crippen LogP contribution in [0.2, 0.25) is 0 Å². The molecule has 0 unspecified atom stereocenters. The molecule has 0 amide bonds. The van der Waals surface area contributed by atoms with E-state index < -0.39 is 17.8 Å². The monoisotopic (exact) mass is 219 g/mol. The Kier molecular flexibility index (Phi) is 3.21. The second-order valence-corrected chi connectivity index (χ2v) is 3.23. The molecule has 15 heavy (non-hydrogen) atoms. The lowest BCUT2D eigenvalue weighted by Crippen LogP contribution is -2.21. The third-order valence-electron chi connectivity index (χ3n) is 1.99. The van der Waals surface area contributed by atoms with E-state index >= 15 is 0 Å². The van der Waals surface area contributed by atoms with E-state index in [1.54, 1.807) is 0 Å². The molecule has 0 aliphatic carbocycles. The van der Waals surface area contributed by atoms with Gasteiger partial charge in [0, 0.05) is 18.3 Å². The topological polar surface area (TPSA) is 78.1 Å². The molecule has 1 atom stereocenters. The number of nitrogens with two attached hydrogens (primary N) is 3. The minimum atomic E-state index is -4.42. The zero-order valence-corrected chi connectivity index (χ0v) is 7.88. The number of nitrogen functional groups attached to an aromatic ring is 1. The van der Waals surface area contributed by atoms with E-state index in [9.17, 15) is 13.2 Å². The van der Waals surface area contributed by atoms with Gasteiger partial charge in [-0.05, 0) is 23.8 Å². The molecule has 0 spiro atoms. The van der Waals surface area contributed by atoms with E-state index in [2.05, 4.69) is 0 Å². The number of rotatable bonds is 2. The molecule has 0 fully saturated rings. The highest BCUT2D eigenvalue weighted by atomic mass is 19.4. The number of benzene rings is 1. The van der Waals surface area contributed by atoms with Gasteiger partial charge in [0.25, 0.3) is 0 Å². The maximum Gasteiger partial charge on any atom is 0.416 e. The van der Waals surface area contributed by atoms with E-state index in [1.165, 1.54) is 6.07 Å². The Morgan fingerprint density at radius 1 is 1.20 bits per heavy atom. The number of anilines is 1. The molecule has 0 radical (unpaired) electrons. The van der Waals surface area contributed by atoms with Crippen LogP contribution in [0, 0.1) is 0 Å². The molecule has 0 aliphatic heterocycles. The summed E-state index contributed by atoms with van der Waals surface area (Å²) in [6.07, 6.45) is -4.42. The largest absolute Gasteiger partial charge is 0.416 e. The van der Waals surface area contributed by atoms with Gasteiger partial charge in [0.2, 0.25) is 0 Å². The molecule has 6 N–H and O–H groups in total. The summed E-state index contributed by atoms with van der Waals surface area (Å²) >= 11 is 0. The van der Waals surface area contributed by atoms with E-state index in [1.807, 2.05) is 0 Å². The summed E-state index contributed by atoms with van der Waals surface area (Å²) in [5.41, 5.74) is 15.7. The second kappa shape index (κ2) is 4.08. The minimum absolute atomic E-state index is 0.0312. The van der Waals surface area contributed by atoms with Crippen molar-refractivity contribution in [3.8, 4) is 0 Å². The SMILES string of the molecule is NC[C@@H](N)c1cc(N)cc(C(F)(F)F)c1. The van der Waals surface area contributed by atoms with Crippen molar-refractivity contribution < 1.29 is 13.2 Å². The van der Waals surface area contributed by atoms with Gasteiger partial charge >= 0.3 is 6.18 Å². The van der Waals surface area contributed by atoms with Crippen LogP contribution in [0.5, 0.6) is 0 Å². The van der Waals surface area contributed by atoms with Crippen molar-refractivity contribution in [1.82, 2.24) is 0 Å². The Hall–Kier alpha value is -1.27. The van der Waals surface area contributed by atoms with E-state index in [-0.39, 0.29) is 12.2 Å². The number of hydrogen-bond donors (Lipinski definition) is 3. The van der Waals surface area contributed by atoms with E-state index in [0.717, 1.165) is 12.1 Å². The second-order valence-electron chi connectivity index (χ2n) is 3.23. The van der Waals surface area contributed by atoms with Gasteiger partial charge in [-0.15, -0.1) is 0 Å². The van der Waals surface area contributed by atoms with Crippen molar-refractivity contribution in [1.29, 1.82) is 0 Å². The van der Waals surface area contributed by atoms with Gasteiger partial charge in [-0.2, -0.15) is 13.2 Å². The minimum Gasteiger partial charge on any atom is -0.399 e. The van der Waals surface area contributed by atoms with E-state index in [0.29, 0.717) is 5.56 Å². The highest BCUT2D eigenvalue weighted by Gasteiger charge is 2.31. The van der Waals surface area contributed by atoms with Crippen molar-refractivity contribution in [3.63, 3.8) is 0 Å². The third-order valence-corrected chi connectivity index (χ3v) is 1.99. The molecule has 6 heteroatoms. The fraction of sp³-hybridized carbons (Fsp3) is 0.333. The summed E-state index contributed by atoms with van der Waals surface area (Å²) in [4.78, 5) is 0. The van der Waals surface area contributed by atoms with Gasteiger partial charge in [0.1, 0.15) is 0 Å². The highest BCUT2D eigenvalue weighted by Crippen LogP contribution is 2.32. The zero-order chi connectivity index (χ0) is 11.6. The van der Waals surface area contributed by atoms with Crippen LogP contribution in [0.4, 0.5) is 18.9 Å². The number of hydrogen-bond acceptors (Lipinski definition) is 3. The fourth-order valence-electron chi connectivity index (χ4n) is 1.19. The summed E-state index contributed by atoms with van der Waals surface area (Å²) in [5, 5.41) is 0. The smallest absolute Gasteiger partial charge is 0.399 e. The van der Waals surface area contributed by atoms with Crippen molar-refractivity contribution in [2.75, 3.05) is 12.3 Å². The lowest BCUT2D eigenvalue weighted by atomic mass is 10.0. The van der Waals surface area contributed by atoms with Crippen LogP contribution in [0.3, 0.4) is 0 Å². The predicted molar refractivity (Wildman–Crippen MR) is 51.8 cm³/mol. The summed E-state index contributed by atoms with van der Waals surface area (Å²) < 4.78 is 37.2. The summed E-state index contributed by atoms with van der Waals surface area (Å²) in [7, 11) is 0. The number of halogens is 3. The molecular weight excluding hydrogens is 207 g/mol. The van der Waals surface area contributed by atoms with Crippen molar-refractivity contribution >= 4 is 5.69 Å². The Morgan fingerprint density at radius 2 is 1.80 bits per heavy atom. The molecule has 0 saturated heterocycles. The van der Waals surface area contributed by atoms with Crippen LogP contribution in [-0.4, -0.2) is 6.54 Å². The van der Waals surface area contributed by atoms with Crippen molar-refractivity contribution in [2.45, 2.75) is 12.2 Å². The quantitative estimate of drug-likeness (QED) is 0.655. The molecule has 1 aromatic rings. The highest BCUT2D eigenvalue weighted by molar-refractivity contribution is 5.46. The average Bonchev–Trinajstić information content (AvgIpc) is 2.14. The lowest BCUT2D eigenvalue weighted by Gasteiger charge is -2.14. The van der Waals surface area contributed by atoms with Gasteiger partial charge in [-0.1, -0.05) is 0 Å². The fourth-order valence-corrected chi connectivity index (χ4v) is 1.19. The molecule has 1 aromatic carbocycles. The first-order chi connectivity index (χ1) is 6.84. The molecule has 0 aliphatic rings. The van der Waals surface area contributed by atoms with Gasteiger partial charge in [0.15, 0.2) is 0 Å². The third kappa shape index (κ3) is 2.84. The lowest BCUT2D eigenvalue weighted by molar-refractivity contribution is -0.137. The Labute approximate surface area is 85.0 Å². The van der Waals surface area contributed by atoms with Gasteiger partial charge in [-0.3, -0.25) is 0 Å². The van der Waals surface area contributed by atoms with Crippen LogP contribution >= 0.6 is 0 Å². The Bertz CT molecular complexity index is 349. The average molecular weight is 219 g/mol. The van der Waals surface area contributed by atoms with Gasteiger partial charge in [0.05, 0.1) is 5.56 Å². The molecule has 84 valence electrons. The van der Waals surface area contributed by atoms with Crippen LogP contribution in [0.15, 0.2) is 18.2 Å². The molecular formula is C9H12F3N3. The van der Waals surface area contributed by atoms with Gasteiger partial charge < -0.3 is 17.2 Å². The molecule has 0 saturated carbocycles. The van der Waals surface area contributed by atoms with Gasteiger partial charge in [-0.25, -0.2) is 0 Å². The maximum absolute atomic E-state index is 12.4. The normalized spacial score (nSPS) is 13.9. The Morgan fingerprint density at radius 3 is 2.27 bits per heavy atom. The number of alkyl halides is 3. The van der Waals surface area contributed by atoms with Crippen molar-refractivity contribution in [3.05, 3.63) is 29.3 Å². The zero-order valence-electron chi connectivity index (χ0n) is 7.88. The molecule has 3 nitrogen and oxygen atoms in total. The van der Waals surface area contributed by atoms with E-state index in [4.69, 9.17) is 17.2 Å². The summed E-state index contributed by atoms with van der Waals surface area (Å²) in [6.45, 7) is 0.0702. The van der Waals surface area contributed by atoms with Crippen LogP contribution in [0.1, 0.15) is 17.2 Å². The van der Waals surface area contributed by atoms with Crippen LogP contribution < -0.4 is 17.2 Å². The molecule has 0 aromatic heterocycles. The molecule has 0 heterocycles. The first kappa shape index (κ1) is 11.8. The summed E-state index contributed by atoms with van der Waals surface area (Å²) in [6, 6.07) is 2.60. The van der Waals surface area contributed by atoms with Crippen LogP contribution in [0.25, 0.3) is 0 Å².